The number of rotatable bonds is 10. The number of aryl methyl sites for hydroxylation is 1. The van der Waals surface area contributed by atoms with Crippen LogP contribution in [0.4, 0.5) is 5.13 Å². The fraction of sp³-hybridized carbons (Fsp3) is 0.478. The van der Waals surface area contributed by atoms with E-state index in [2.05, 4.69) is 20.0 Å². The fourth-order valence-electron chi connectivity index (χ4n) is 4.67. The second-order valence-corrected chi connectivity index (χ2v) is 11.8. The van der Waals surface area contributed by atoms with Gasteiger partial charge in [0, 0.05) is 30.2 Å². The Balaban J connectivity index is 1.33. The summed E-state index contributed by atoms with van der Waals surface area (Å²) in [6, 6.07) is -0.912. The van der Waals surface area contributed by atoms with Crippen molar-refractivity contribution < 1.29 is 33.6 Å². The average Bonchev–Trinajstić information content (AvgIpc) is 3.52. The number of hydrogen-bond acceptors (Lipinski definition) is 11. The third-order valence-corrected chi connectivity index (χ3v) is 9.57. The minimum atomic E-state index is -1.15. The number of nitrogens with two attached hydrogens (primary N) is 1. The summed E-state index contributed by atoms with van der Waals surface area (Å²) in [7, 11) is 1.51. The van der Waals surface area contributed by atoms with Gasteiger partial charge in [0.05, 0.1) is 11.5 Å². The first kappa shape index (κ1) is 26.6. The van der Waals surface area contributed by atoms with E-state index in [-0.39, 0.29) is 35.4 Å². The first-order valence-electron chi connectivity index (χ1n) is 12.0. The normalized spacial score (nSPS) is 21.0. The van der Waals surface area contributed by atoms with Gasteiger partial charge in [0.2, 0.25) is 5.51 Å². The number of fused-ring (bicyclic) bond motifs is 2. The number of hydrogen-bond donors (Lipinski definition) is 3. The smallest absolute Gasteiger partial charge is 0.352 e. The Morgan fingerprint density at radius 1 is 1.32 bits per heavy atom. The zero-order valence-corrected chi connectivity index (χ0v) is 23.0. The number of carbonyl (C=O) groups is 3. The molecule has 4 heterocycles. The van der Waals surface area contributed by atoms with Crippen LogP contribution in [0.2, 0.25) is 0 Å². The number of carboxylic acids is 1. The molecule has 5 rings (SSSR count). The van der Waals surface area contributed by atoms with E-state index in [4.69, 9.17) is 15.3 Å². The maximum absolute atomic E-state index is 13.2. The van der Waals surface area contributed by atoms with E-state index < -0.39 is 29.2 Å². The van der Waals surface area contributed by atoms with Crippen LogP contribution in [0.25, 0.3) is 0 Å². The van der Waals surface area contributed by atoms with Gasteiger partial charge in [-0.2, -0.15) is 4.57 Å². The van der Waals surface area contributed by atoms with Gasteiger partial charge in [-0.15, -0.1) is 23.1 Å². The standard InChI is InChI=1S/C23H26N6O6S3/c1-34-6-7-35-27-16(13-10-37-23(24)25-13)19(30)26-17-20(31)29-18(22(32)33)12(9-36-21(17)29)8-28-11-38-15-5-3-2-4-14(15)28/h10-11,17,21H,2-9H2,1H3,(H3-,24,25,26,30,32,33)/p+1/b27-16-/t17-,21+/m1/s1. The molecule has 4 N–H and O–H groups in total. The number of amides is 2. The number of nitrogens with one attached hydrogen (secondary N) is 1. The largest absolute Gasteiger partial charge is 0.477 e. The molecule has 2 aromatic heterocycles. The second-order valence-electron chi connectivity index (χ2n) is 8.88. The Labute approximate surface area is 230 Å². The van der Waals surface area contributed by atoms with Gasteiger partial charge in [-0.1, -0.05) is 16.5 Å². The number of aliphatic carboxylic acids is 1. The lowest BCUT2D eigenvalue weighted by Crippen LogP contribution is -2.71. The number of carboxylic acid groups (broad SMARTS) is 1. The van der Waals surface area contributed by atoms with E-state index in [1.165, 1.54) is 40.8 Å². The van der Waals surface area contributed by atoms with Crippen LogP contribution < -0.4 is 15.6 Å². The quantitative estimate of drug-likeness (QED) is 0.121. The van der Waals surface area contributed by atoms with Crippen LogP contribution >= 0.6 is 34.4 Å². The first-order chi connectivity index (χ1) is 18.4. The third kappa shape index (κ3) is 5.15. The van der Waals surface area contributed by atoms with Crippen molar-refractivity contribution in [2.24, 2.45) is 5.16 Å². The molecule has 2 atom stereocenters. The Hall–Kier alpha value is -3.01. The van der Waals surface area contributed by atoms with Gasteiger partial charge in [0.25, 0.3) is 11.8 Å². The number of ether oxygens (including phenoxy) is 1. The van der Waals surface area contributed by atoms with E-state index >= 15 is 0 Å². The molecule has 202 valence electrons. The van der Waals surface area contributed by atoms with E-state index in [1.807, 2.05) is 5.51 Å². The molecule has 0 unspecified atom stereocenters. The Bertz CT molecular complexity index is 1320. The van der Waals surface area contributed by atoms with Crippen LogP contribution in [0.3, 0.4) is 0 Å². The monoisotopic (exact) mass is 579 g/mol. The Kier molecular flexibility index (Phi) is 7.97. The number of anilines is 1. The molecule has 3 aliphatic rings. The lowest BCUT2D eigenvalue weighted by Gasteiger charge is -2.49. The maximum Gasteiger partial charge on any atom is 0.352 e. The summed E-state index contributed by atoms with van der Waals surface area (Å²) in [5, 5.41) is 17.9. The van der Waals surface area contributed by atoms with E-state index in [0.717, 1.165) is 30.6 Å². The molecule has 2 aliphatic heterocycles. The number of thioether (sulfide) groups is 1. The van der Waals surface area contributed by atoms with Gasteiger partial charge >= 0.3 is 5.97 Å². The summed E-state index contributed by atoms with van der Waals surface area (Å²) in [5.74, 6) is -1.87. The lowest BCUT2D eigenvalue weighted by molar-refractivity contribution is -0.692. The van der Waals surface area contributed by atoms with Crippen molar-refractivity contribution in [2.75, 3.05) is 31.8 Å². The molecule has 0 bridgehead atoms. The van der Waals surface area contributed by atoms with Crippen LogP contribution in [-0.2, 0) is 43.3 Å². The fourth-order valence-corrected chi connectivity index (χ4v) is 7.62. The Morgan fingerprint density at radius 3 is 2.87 bits per heavy atom. The molecule has 0 spiro atoms. The molecule has 1 fully saturated rings. The molecule has 38 heavy (non-hydrogen) atoms. The number of nitrogen functional groups attached to an aromatic ring is 1. The topological polar surface area (TPSA) is 160 Å². The van der Waals surface area contributed by atoms with Crippen molar-refractivity contribution in [3.63, 3.8) is 0 Å². The summed E-state index contributed by atoms with van der Waals surface area (Å²) in [5.41, 5.74) is 9.78. The zero-order valence-electron chi connectivity index (χ0n) is 20.5. The maximum atomic E-state index is 13.2. The highest BCUT2D eigenvalue weighted by molar-refractivity contribution is 8.00. The van der Waals surface area contributed by atoms with Crippen LogP contribution in [0, 0.1) is 0 Å². The van der Waals surface area contributed by atoms with Crippen molar-refractivity contribution >= 4 is 63.1 Å². The number of nitrogens with zero attached hydrogens (tertiary/aromatic N) is 4. The number of methoxy groups -OCH3 is 1. The highest BCUT2D eigenvalue weighted by atomic mass is 32.2. The molecule has 12 nitrogen and oxygen atoms in total. The van der Waals surface area contributed by atoms with Gasteiger partial charge in [0.1, 0.15) is 29.4 Å². The van der Waals surface area contributed by atoms with Crippen LogP contribution in [0.5, 0.6) is 0 Å². The second kappa shape index (κ2) is 11.4. The van der Waals surface area contributed by atoms with Crippen molar-refractivity contribution in [1.82, 2.24) is 15.2 Å². The minimum Gasteiger partial charge on any atom is -0.477 e. The SMILES string of the molecule is COCCO/N=C(\C(=O)N[C@@H]1C(=O)N2C(C(=O)O)=C(C[n+]3csc4c3CCCC4)CS[C@@H]12)c1csc(N)n1. The zero-order chi connectivity index (χ0) is 26.8. The molecule has 0 saturated carbocycles. The Morgan fingerprint density at radius 2 is 2.13 bits per heavy atom. The summed E-state index contributed by atoms with van der Waals surface area (Å²) in [6.07, 6.45) is 4.32. The molecule has 0 radical (unpaired) electrons. The van der Waals surface area contributed by atoms with Crippen LogP contribution in [0.15, 0.2) is 27.3 Å². The molecule has 0 aromatic carbocycles. The third-order valence-electron chi connectivity index (χ3n) is 6.47. The summed E-state index contributed by atoms with van der Waals surface area (Å²) in [4.78, 5) is 50.5. The molecule has 1 aliphatic carbocycles. The van der Waals surface area contributed by atoms with Gasteiger partial charge < -0.3 is 25.7 Å². The van der Waals surface area contributed by atoms with Gasteiger partial charge in [-0.05, 0) is 19.3 Å². The lowest BCUT2D eigenvalue weighted by atomic mass is 10.0. The molecular formula is C23H27N6O6S3+. The van der Waals surface area contributed by atoms with Crippen molar-refractivity contribution in [3.8, 4) is 0 Å². The predicted molar refractivity (Wildman–Crippen MR) is 142 cm³/mol. The molecule has 15 heteroatoms. The molecule has 2 aromatic rings. The summed E-state index contributed by atoms with van der Waals surface area (Å²) < 4.78 is 7.04. The number of β-lactam (4-membered cyclic amide) rings is 1. The van der Waals surface area contributed by atoms with E-state index in [9.17, 15) is 19.5 Å². The number of carbonyl (C=O) groups excluding carboxylic acids is 2. The highest BCUT2D eigenvalue weighted by Crippen LogP contribution is 2.40. The minimum absolute atomic E-state index is 0.00317. The summed E-state index contributed by atoms with van der Waals surface area (Å²) in [6.45, 7) is 0.808. The number of oxime groups is 1. The first-order valence-corrected chi connectivity index (χ1v) is 14.8. The number of thiazole rings is 2. The average molecular weight is 580 g/mol. The number of aromatic nitrogens is 2. The highest BCUT2D eigenvalue weighted by Gasteiger charge is 2.55. The van der Waals surface area contributed by atoms with Crippen molar-refractivity contribution in [2.45, 2.75) is 43.6 Å². The molecule has 2 amide bonds. The van der Waals surface area contributed by atoms with Crippen LogP contribution in [-0.4, -0.2) is 76.0 Å². The van der Waals surface area contributed by atoms with Gasteiger partial charge in [0.15, 0.2) is 23.1 Å². The van der Waals surface area contributed by atoms with Crippen LogP contribution in [0.1, 0.15) is 29.1 Å². The van der Waals surface area contributed by atoms with Crippen molar-refractivity contribution in [3.05, 3.63) is 38.4 Å². The predicted octanol–water partition coefficient (Wildman–Crippen LogP) is 0.759. The molecular weight excluding hydrogens is 552 g/mol. The van der Waals surface area contributed by atoms with Crippen molar-refractivity contribution in [1.29, 1.82) is 0 Å². The van der Waals surface area contributed by atoms with Gasteiger partial charge in [-0.3, -0.25) is 14.5 Å². The molecule has 1 saturated heterocycles. The van der Waals surface area contributed by atoms with Gasteiger partial charge in [-0.25, -0.2) is 9.78 Å². The van der Waals surface area contributed by atoms with E-state index in [0.29, 0.717) is 17.9 Å². The van der Waals surface area contributed by atoms with E-state index in [1.54, 1.807) is 16.7 Å². The summed E-state index contributed by atoms with van der Waals surface area (Å²) >= 11 is 4.27.